The molecule has 1 saturated heterocycles. The average molecular weight is 399 g/mol. The summed E-state index contributed by atoms with van der Waals surface area (Å²) in [5.74, 6) is -0.951. The minimum absolute atomic E-state index is 0.242. The summed E-state index contributed by atoms with van der Waals surface area (Å²) in [6, 6.07) is 9.12. The smallest absolute Gasteiger partial charge is 0.335 e. The molecule has 152 valence electrons. The van der Waals surface area contributed by atoms with E-state index in [1.165, 1.54) is 0 Å². The van der Waals surface area contributed by atoms with E-state index in [-0.39, 0.29) is 24.1 Å². The maximum absolute atomic E-state index is 12.5. The van der Waals surface area contributed by atoms with Crippen LogP contribution in [0, 0.1) is 16.0 Å². The Morgan fingerprint density at radius 1 is 1.14 bits per heavy atom. The lowest BCUT2D eigenvalue weighted by molar-refractivity contribution is -0.385. The number of carbonyl (C=O) groups excluding carboxylic acids is 1. The molecule has 1 aliphatic rings. The van der Waals surface area contributed by atoms with Crippen LogP contribution < -0.4 is 5.56 Å². The number of piperidine rings is 1. The van der Waals surface area contributed by atoms with E-state index in [0.29, 0.717) is 25.1 Å². The SMILES string of the molecule is O=C(O)c1ccccc1CC1CCN(C(=O)Cn2cc([N+](=O)[O-])ccc2=O)CC1. The van der Waals surface area contributed by atoms with Crippen molar-refractivity contribution in [3.63, 3.8) is 0 Å². The van der Waals surface area contributed by atoms with Gasteiger partial charge in [-0.3, -0.25) is 24.3 Å². The summed E-state index contributed by atoms with van der Waals surface area (Å²) < 4.78 is 1.05. The van der Waals surface area contributed by atoms with E-state index >= 15 is 0 Å². The molecule has 0 radical (unpaired) electrons. The maximum Gasteiger partial charge on any atom is 0.335 e. The lowest BCUT2D eigenvalue weighted by Gasteiger charge is -2.32. The Balaban J connectivity index is 1.59. The van der Waals surface area contributed by atoms with Crippen molar-refractivity contribution in [1.82, 2.24) is 9.47 Å². The minimum Gasteiger partial charge on any atom is -0.478 e. The predicted octanol–water partition coefficient (Wildman–Crippen LogP) is 1.94. The number of benzene rings is 1. The number of carboxylic acid groups (broad SMARTS) is 1. The largest absolute Gasteiger partial charge is 0.478 e. The van der Waals surface area contributed by atoms with Gasteiger partial charge in [-0.2, -0.15) is 0 Å². The summed E-state index contributed by atoms with van der Waals surface area (Å²) in [6.45, 7) is 0.762. The number of rotatable bonds is 6. The molecule has 0 aliphatic carbocycles. The fraction of sp³-hybridized carbons (Fsp3) is 0.350. The molecule has 1 fully saturated rings. The first-order valence-electron chi connectivity index (χ1n) is 9.29. The molecule has 0 saturated carbocycles. The van der Waals surface area contributed by atoms with Gasteiger partial charge in [0.25, 0.3) is 11.2 Å². The Kier molecular flexibility index (Phi) is 6.06. The highest BCUT2D eigenvalue weighted by Crippen LogP contribution is 2.23. The Morgan fingerprint density at radius 2 is 1.83 bits per heavy atom. The molecular formula is C20H21N3O6. The normalized spacial score (nSPS) is 14.6. The number of carboxylic acids is 1. The molecule has 1 aromatic heterocycles. The van der Waals surface area contributed by atoms with Crippen molar-refractivity contribution in [1.29, 1.82) is 0 Å². The highest BCUT2D eigenvalue weighted by molar-refractivity contribution is 5.89. The third-order valence-corrected chi connectivity index (χ3v) is 5.21. The van der Waals surface area contributed by atoms with Gasteiger partial charge in [0.2, 0.25) is 5.91 Å². The second-order valence-electron chi connectivity index (χ2n) is 7.10. The zero-order valence-corrected chi connectivity index (χ0v) is 15.7. The summed E-state index contributed by atoms with van der Waals surface area (Å²) in [5, 5.41) is 20.2. The van der Waals surface area contributed by atoms with Gasteiger partial charge < -0.3 is 10.0 Å². The second kappa shape index (κ2) is 8.68. The van der Waals surface area contributed by atoms with E-state index in [1.54, 1.807) is 17.0 Å². The standard InChI is InChI=1S/C20H21N3O6/c24-18-6-5-16(23(28)29)12-22(18)13-19(25)21-9-7-14(8-10-21)11-15-3-1-2-4-17(15)20(26)27/h1-6,12,14H,7-11,13H2,(H,26,27). The van der Waals surface area contributed by atoms with Gasteiger partial charge in [0.05, 0.1) is 16.7 Å². The van der Waals surface area contributed by atoms with Crippen molar-refractivity contribution < 1.29 is 19.6 Å². The summed E-state index contributed by atoms with van der Waals surface area (Å²) >= 11 is 0. The van der Waals surface area contributed by atoms with E-state index in [0.717, 1.165) is 41.3 Å². The van der Waals surface area contributed by atoms with Crippen molar-refractivity contribution in [2.45, 2.75) is 25.8 Å². The molecule has 0 spiro atoms. The first-order chi connectivity index (χ1) is 13.8. The van der Waals surface area contributed by atoms with Gasteiger partial charge in [0, 0.05) is 25.2 Å². The molecule has 3 rings (SSSR count). The van der Waals surface area contributed by atoms with Crippen LogP contribution >= 0.6 is 0 Å². The number of carbonyl (C=O) groups is 2. The van der Waals surface area contributed by atoms with Gasteiger partial charge in [-0.1, -0.05) is 18.2 Å². The van der Waals surface area contributed by atoms with E-state index in [4.69, 9.17) is 0 Å². The van der Waals surface area contributed by atoms with Gasteiger partial charge in [0.15, 0.2) is 0 Å². The molecule has 1 aliphatic heterocycles. The molecule has 0 unspecified atom stereocenters. The predicted molar refractivity (Wildman–Crippen MR) is 104 cm³/mol. The monoisotopic (exact) mass is 399 g/mol. The van der Waals surface area contributed by atoms with E-state index in [1.807, 2.05) is 12.1 Å². The maximum atomic E-state index is 12.5. The molecule has 2 heterocycles. The molecule has 9 heteroatoms. The summed E-state index contributed by atoms with van der Waals surface area (Å²) in [6.07, 6.45) is 3.16. The number of hydrogen-bond donors (Lipinski definition) is 1. The average Bonchev–Trinajstić information content (AvgIpc) is 2.70. The molecule has 1 amide bonds. The fourth-order valence-corrected chi connectivity index (χ4v) is 3.60. The van der Waals surface area contributed by atoms with Crippen LogP contribution in [0.4, 0.5) is 5.69 Å². The Morgan fingerprint density at radius 3 is 2.48 bits per heavy atom. The number of pyridine rings is 1. The van der Waals surface area contributed by atoms with Crippen LogP contribution in [0.2, 0.25) is 0 Å². The highest BCUT2D eigenvalue weighted by atomic mass is 16.6. The number of amides is 1. The van der Waals surface area contributed by atoms with Gasteiger partial charge in [-0.25, -0.2) is 4.79 Å². The molecule has 29 heavy (non-hydrogen) atoms. The van der Waals surface area contributed by atoms with Crippen molar-refractivity contribution in [2.75, 3.05) is 13.1 Å². The Hall–Kier alpha value is -3.49. The van der Waals surface area contributed by atoms with Crippen molar-refractivity contribution >= 4 is 17.6 Å². The lowest BCUT2D eigenvalue weighted by atomic mass is 9.88. The van der Waals surface area contributed by atoms with Crippen LogP contribution in [0.25, 0.3) is 0 Å². The summed E-state index contributed by atoms with van der Waals surface area (Å²) in [4.78, 5) is 47.6. The van der Waals surface area contributed by atoms with Crippen molar-refractivity contribution in [2.24, 2.45) is 5.92 Å². The molecule has 2 aromatic rings. The number of nitro groups is 1. The zero-order chi connectivity index (χ0) is 21.0. The van der Waals surface area contributed by atoms with Crippen LogP contribution in [0.3, 0.4) is 0 Å². The van der Waals surface area contributed by atoms with Gasteiger partial charge >= 0.3 is 5.97 Å². The van der Waals surface area contributed by atoms with E-state index in [2.05, 4.69) is 0 Å². The third-order valence-electron chi connectivity index (χ3n) is 5.21. The van der Waals surface area contributed by atoms with E-state index in [9.17, 15) is 29.6 Å². The number of aromatic carboxylic acids is 1. The van der Waals surface area contributed by atoms with Crippen LogP contribution in [0.1, 0.15) is 28.8 Å². The minimum atomic E-state index is -0.949. The third kappa shape index (κ3) is 4.87. The molecule has 9 nitrogen and oxygen atoms in total. The molecule has 0 bridgehead atoms. The lowest BCUT2D eigenvalue weighted by Crippen LogP contribution is -2.41. The topological polar surface area (TPSA) is 123 Å². The van der Waals surface area contributed by atoms with E-state index < -0.39 is 16.5 Å². The number of nitrogens with zero attached hydrogens (tertiary/aromatic N) is 3. The first kappa shape index (κ1) is 20.2. The molecule has 0 atom stereocenters. The number of likely N-dealkylation sites (tertiary alicyclic amines) is 1. The van der Waals surface area contributed by atoms with Crippen molar-refractivity contribution in [3.05, 3.63) is 74.2 Å². The zero-order valence-electron chi connectivity index (χ0n) is 15.7. The quantitative estimate of drug-likeness (QED) is 0.585. The second-order valence-corrected chi connectivity index (χ2v) is 7.10. The van der Waals surface area contributed by atoms with Gasteiger partial charge in [-0.05, 0) is 36.8 Å². The molecular weight excluding hydrogens is 378 g/mol. The van der Waals surface area contributed by atoms with Gasteiger partial charge in [-0.15, -0.1) is 0 Å². The summed E-state index contributed by atoms with van der Waals surface area (Å²) in [5.41, 5.74) is 0.376. The fourth-order valence-electron chi connectivity index (χ4n) is 3.60. The highest BCUT2D eigenvalue weighted by Gasteiger charge is 2.24. The number of aromatic nitrogens is 1. The Labute approximate surface area is 166 Å². The van der Waals surface area contributed by atoms with Crippen LogP contribution in [-0.4, -0.2) is 44.5 Å². The van der Waals surface area contributed by atoms with Crippen LogP contribution in [0.15, 0.2) is 47.4 Å². The first-order valence-corrected chi connectivity index (χ1v) is 9.29. The van der Waals surface area contributed by atoms with Crippen LogP contribution in [0.5, 0.6) is 0 Å². The Bertz CT molecular complexity index is 992. The van der Waals surface area contributed by atoms with Crippen LogP contribution in [-0.2, 0) is 17.8 Å². The molecule has 1 aromatic carbocycles. The summed E-state index contributed by atoms with van der Waals surface area (Å²) in [7, 11) is 0. The van der Waals surface area contributed by atoms with Crippen molar-refractivity contribution in [3.8, 4) is 0 Å². The van der Waals surface area contributed by atoms with Gasteiger partial charge in [0.1, 0.15) is 6.54 Å². The number of hydrogen-bond acceptors (Lipinski definition) is 5. The molecule has 1 N–H and O–H groups in total.